The van der Waals surface area contributed by atoms with E-state index in [4.69, 9.17) is 15.0 Å². The molecule has 6 heteroatoms. The summed E-state index contributed by atoms with van der Waals surface area (Å²) in [6, 6.07) is 87.1. The van der Waals surface area contributed by atoms with Gasteiger partial charge in [0.25, 0.3) is 0 Å². The van der Waals surface area contributed by atoms with Crippen molar-refractivity contribution in [1.29, 1.82) is 5.26 Å². The molecule has 10 aromatic carbocycles. The lowest BCUT2D eigenvalue weighted by Gasteiger charge is -2.17. The second-order valence-corrected chi connectivity index (χ2v) is 17.5. The number of rotatable bonds is 8. The summed E-state index contributed by atoms with van der Waals surface area (Å²) in [7, 11) is 0. The predicted octanol–water partition coefficient (Wildman–Crippen LogP) is 15.9. The van der Waals surface area contributed by atoms with Crippen LogP contribution >= 0.6 is 0 Å². The Labute approximate surface area is 404 Å². The third-order valence-corrected chi connectivity index (χ3v) is 13.4. The molecule has 0 spiro atoms. The predicted molar refractivity (Wildman–Crippen MR) is 286 cm³/mol. The Bertz CT molecular complexity index is 4130. The highest BCUT2D eigenvalue weighted by Gasteiger charge is 2.22. The highest BCUT2D eigenvalue weighted by atomic mass is 15.2. The van der Waals surface area contributed by atoms with Gasteiger partial charge in [0.1, 0.15) is 0 Å². The molecule has 0 fully saturated rings. The second kappa shape index (κ2) is 16.9. The summed E-state index contributed by atoms with van der Waals surface area (Å²) in [6.07, 6.45) is 0. The number of hydrogen-bond donors (Lipinski definition) is 0. The molecule has 3 heterocycles. The van der Waals surface area contributed by atoms with Gasteiger partial charge in [0.15, 0.2) is 11.6 Å². The summed E-state index contributed by atoms with van der Waals surface area (Å²) >= 11 is 0. The van der Waals surface area contributed by atoms with Gasteiger partial charge in [0.2, 0.25) is 5.95 Å². The Morgan fingerprint density at radius 2 is 0.786 bits per heavy atom. The minimum absolute atomic E-state index is 0.504. The number of para-hydroxylation sites is 4. The van der Waals surface area contributed by atoms with Crippen LogP contribution in [0.4, 0.5) is 0 Å². The molecule has 13 rings (SSSR count). The first-order valence-corrected chi connectivity index (χ1v) is 23.4. The van der Waals surface area contributed by atoms with Crippen LogP contribution in [0.3, 0.4) is 0 Å². The van der Waals surface area contributed by atoms with Gasteiger partial charge in [-0.05, 0) is 94.0 Å². The largest absolute Gasteiger partial charge is 0.309 e. The lowest BCUT2D eigenvalue weighted by Crippen LogP contribution is -2.07. The zero-order chi connectivity index (χ0) is 46.5. The summed E-state index contributed by atoms with van der Waals surface area (Å²) in [5.41, 5.74) is 16.3. The monoisotopic (exact) mass is 892 g/mol. The molecule has 0 aliphatic heterocycles. The fourth-order valence-corrected chi connectivity index (χ4v) is 10.2. The first-order valence-electron chi connectivity index (χ1n) is 23.4. The van der Waals surface area contributed by atoms with Crippen molar-refractivity contribution in [3.8, 4) is 85.0 Å². The second-order valence-electron chi connectivity index (χ2n) is 17.5. The van der Waals surface area contributed by atoms with Crippen LogP contribution in [0.25, 0.3) is 123 Å². The Hall–Kier alpha value is -9.70. The molecule has 0 aliphatic carbocycles. The molecule has 3 aromatic heterocycles. The normalized spacial score (nSPS) is 11.4. The molecule has 0 saturated heterocycles. The first kappa shape index (κ1) is 40.6. The van der Waals surface area contributed by atoms with Crippen molar-refractivity contribution < 1.29 is 0 Å². The lowest BCUT2D eigenvalue weighted by atomic mass is 9.94. The molecule has 0 bridgehead atoms. The third-order valence-electron chi connectivity index (χ3n) is 13.4. The van der Waals surface area contributed by atoms with E-state index in [1.807, 2.05) is 54.6 Å². The van der Waals surface area contributed by atoms with Crippen molar-refractivity contribution >= 4 is 43.6 Å². The zero-order valence-electron chi connectivity index (χ0n) is 37.8. The van der Waals surface area contributed by atoms with Gasteiger partial charge in [-0.2, -0.15) is 15.2 Å². The van der Waals surface area contributed by atoms with E-state index in [-0.39, 0.29) is 0 Å². The van der Waals surface area contributed by atoms with Gasteiger partial charge in [-0.3, -0.25) is 4.57 Å². The van der Waals surface area contributed by atoms with Gasteiger partial charge in [0, 0.05) is 43.8 Å². The maximum Gasteiger partial charge on any atom is 0.238 e. The van der Waals surface area contributed by atoms with Crippen LogP contribution in [-0.4, -0.2) is 24.1 Å². The van der Waals surface area contributed by atoms with Crippen LogP contribution < -0.4 is 0 Å². The molecule has 70 heavy (non-hydrogen) atoms. The van der Waals surface area contributed by atoms with Crippen molar-refractivity contribution in [3.05, 3.63) is 248 Å². The van der Waals surface area contributed by atoms with Crippen LogP contribution in [-0.2, 0) is 0 Å². The van der Waals surface area contributed by atoms with E-state index in [1.165, 1.54) is 21.9 Å². The fourth-order valence-electron chi connectivity index (χ4n) is 10.2. The highest BCUT2D eigenvalue weighted by Crippen LogP contribution is 2.41. The first-order chi connectivity index (χ1) is 34.7. The standard InChI is InChI=1S/C64H40N6/c65-41-42-32-34-44(35-33-42)51-27-15-28-55-54-26-9-12-31-59(54)70(61(51)55)64-67-62(45-18-5-2-6-19-45)66-63(68-64)50-36-37-60(69-57-29-10-7-24-52(57)53-25-8-11-30-58(53)69)56(40-50)49-23-14-22-48(39-49)47-21-13-20-46(38-47)43-16-3-1-4-17-43/h1-40H. The molecule has 6 nitrogen and oxygen atoms in total. The van der Waals surface area contributed by atoms with Crippen molar-refractivity contribution in [1.82, 2.24) is 24.1 Å². The van der Waals surface area contributed by atoms with Crippen molar-refractivity contribution in [2.75, 3.05) is 0 Å². The number of aromatic nitrogens is 5. The Morgan fingerprint density at radius 3 is 1.43 bits per heavy atom. The highest BCUT2D eigenvalue weighted by molar-refractivity contribution is 6.14. The van der Waals surface area contributed by atoms with E-state index in [0.29, 0.717) is 23.2 Å². The van der Waals surface area contributed by atoms with E-state index >= 15 is 0 Å². The summed E-state index contributed by atoms with van der Waals surface area (Å²) in [6.45, 7) is 0. The molecule has 13 aromatic rings. The number of nitrogens with zero attached hydrogens (tertiary/aromatic N) is 6. The van der Waals surface area contributed by atoms with Crippen LogP contribution in [0.15, 0.2) is 243 Å². The van der Waals surface area contributed by atoms with Crippen LogP contribution in [0.5, 0.6) is 0 Å². The van der Waals surface area contributed by atoms with Gasteiger partial charge in [-0.1, -0.05) is 182 Å². The maximum absolute atomic E-state index is 9.65. The number of hydrogen-bond acceptors (Lipinski definition) is 4. The molecular weight excluding hydrogens is 853 g/mol. The Balaban J connectivity index is 1.06. The van der Waals surface area contributed by atoms with E-state index in [0.717, 1.165) is 83.0 Å². The number of fused-ring (bicyclic) bond motifs is 6. The van der Waals surface area contributed by atoms with Gasteiger partial charge in [-0.25, -0.2) is 4.98 Å². The van der Waals surface area contributed by atoms with Crippen LogP contribution in [0.1, 0.15) is 5.56 Å². The van der Waals surface area contributed by atoms with E-state index in [9.17, 15) is 5.26 Å². The van der Waals surface area contributed by atoms with Crippen molar-refractivity contribution in [2.24, 2.45) is 0 Å². The molecular formula is C64H40N6. The maximum atomic E-state index is 9.65. The Kier molecular flexibility index (Phi) is 9.78. The molecule has 0 saturated carbocycles. The SMILES string of the molecule is N#Cc1ccc(-c2cccc3c4ccccc4n(-c4nc(-c5ccccc5)nc(-c5ccc(-n6c7ccccc7c7ccccc76)c(-c6cccc(-c7cccc(-c8ccccc8)c7)c6)c5)n4)c23)cc1. The molecule has 0 atom stereocenters. The number of benzene rings is 10. The quantitative estimate of drug-likeness (QED) is 0.152. The molecule has 0 aliphatic rings. The fraction of sp³-hybridized carbons (Fsp3) is 0. The summed E-state index contributed by atoms with van der Waals surface area (Å²) in [5, 5.41) is 14.2. The summed E-state index contributed by atoms with van der Waals surface area (Å²) in [4.78, 5) is 16.1. The average Bonchev–Trinajstić information content (AvgIpc) is 3.96. The summed E-state index contributed by atoms with van der Waals surface area (Å²) in [5.74, 6) is 1.62. The molecule has 326 valence electrons. The molecule has 0 unspecified atom stereocenters. The minimum Gasteiger partial charge on any atom is -0.309 e. The minimum atomic E-state index is 0.504. The van der Waals surface area contributed by atoms with Crippen LogP contribution in [0.2, 0.25) is 0 Å². The van der Waals surface area contributed by atoms with Gasteiger partial charge < -0.3 is 4.57 Å². The topological polar surface area (TPSA) is 72.3 Å². The van der Waals surface area contributed by atoms with Gasteiger partial charge in [0.05, 0.1) is 39.4 Å². The van der Waals surface area contributed by atoms with Crippen molar-refractivity contribution in [3.63, 3.8) is 0 Å². The summed E-state index contributed by atoms with van der Waals surface area (Å²) < 4.78 is 4.57. The average molecular weight is 893 g/mol. The smallest absolute Gasteiger partial charge is 0.238 e. The molecule has 0 amide bonds. The van der Waals surface area contributed by atoms with E-state index < -0.39 is 0 Å². The lowest BCUT2D eigenvalue weighted by molar-refractivity contribution is 0.953. The Morgan fingerprint density at radius 1 is 0.314 bits per heavy atom. The zero-order valence-corrected chi connectivity index (χ0v) is 37.8. The van der Waals surface area contributed by atoms with Gasteiger partial charge in [-0.15, -0.1) is 0 Å². The van der Waals surface area contributed by atoms with Crippen molar-refractivity contribution in [2.45, 2.75) is 0 Å². The molecule has 0 N–H and O–H groups in total. The van der Waals surface area contributed by atoms with E-state index in [1.54, 1.807) is 0 Å². The van der Waals surface area contributed by atoms with Crippen LogP contribution in [0, 0.1) is 11.3 Å². The van der Waals surface area contributed by atoms with E-state index in [2.05, 4.69) is 203 Å². The molecule has 0 radical (unpaired) electrons. The third kappa shape index (κ3) is 6.92. The number of nitriles is 1. The van der Waals surface area contributed by atoms with Gasteiger partial charge >= 0.3 is 0 Å².